The van der Waals surface area contributed by atoms with Gasteiger partial charge in [-0.2, -0.15) is 0 Å². The van der Waals surface area contributed by atoms with Crippen molar-refractivity contribution in [3.05, 3.63) is 7.43 Å². The maximum Gasteiger partial charge on any atom is 1.00 e. The molecule has 74 heavy (non-hydrogen) atoms. The Morgan fingerprint density at radius 3 is 0.824 bits per heavy atom. The molecule has 0 radical (unpaired) electrons. The van der Waals surface area contributed by atoms with Crippen molar-refractivity contribution in [2.24, 2.45) is 35.5 Å². The fourth-order valence-corrected chi connectivity index (χ4v) is 6.97. The van der Waals surface area contributed by atoms with Crippen molar-refractivity contribution in [3.63, 3.8) is 0 Å². The molecule has 0 unspecified atom stereocenters. The van der Waals surface area contributed by atoms with Crippen LogP contribution in [0.15, 0.2) is 0 Å². The molecule has 19 nitrogen and oxygen atoms in total. The van der Waals surface area contributed by atoms with Gasteiger partial charge in [0.1, 0.15) is 11.2 Å². The number of carbonyl (C=O) groups is 8. The topological polar surface area (TPSA) is 287 Å². The summed E-state index contributed by atoms with van der Waals surface area (Å²) in [5, 5.41) is 26.1. The monoisotopic (exact) mass is 1050 g/mol. The van der Waals surface area contributed by atoms with E-state index in [2.05, 4.69) is 31.9 Å². The van der Waals surface area contributed by atoms with E-state index in [-0.39, 0.29) is 96.9 Å². The summed E-state index contributed by atoms with van der Waals surface area (Å²) in [6.45, 7) is 25.6. The van der Waals surface area contributed by atoms with Crippen molar-refractivity contribution in [1.29, 1.82) is 0 Å². The molecule has 0 aromatic heterocycles. The van der Waals surface area contributed by atoms with E-state index in [1.807, 2.05) is 76.2 Å². The first kappa shape index (κ1) is 78.8. The number of hydrogen-bond acceptors (Lipinski definition) is 12. The van der Waals surface area contributed by atoms with Crippen LogP contribution in [0.3, 0.4) is 0 Å². The molecule has 6 atom stereocenters. The molecule has 430 valence electrons. The molecule has 0 spiro atoms. The largest absolute Gasteiger partial charge is 1.00 e. The molecule has 6 amide bonds. The van der Waals surface area contributed by atoms with E-state index in [1.165, 1.54) is 7.11 Å². The van der Waals surface area contributed by atoms with Crippen LogP contribution in [0, 0.1) is 42.9 Å². The molecule has 0 heterocycles. The minimum atomic E-state index is -0.780. The van der Waals surface area contributed by atoms with Crippen LogP contribution in [0.2, 0.25) is 0 Å². The van der Waals surface area contributed by atoms with Crippen LogP contribution in [0.5, 0.6) is 0 Å². The molecular formula is C54H104LiN6O13-. The van der Waals surface area contributed by atoms with Crippen LogP contribution in [-0.4, -0.2) is 116 Å². The molecular weight excluding hydrogens is 948 g/mol. The first-order chi connectivity index (χ1) is 33.2. The summed E-state index contributed by atoms with van der Waals surface area (Å²) < 4.78 is 15.1. The molecule has 0 aliphatic heterocycles. The second kappa shape index (κ2) is 46.2. The first-order valence-corrected chi connectivity index (χ1v) is 26.6. The summed E-state index contributed by atoms with van der Waals surface area (Å²) in [6.07, 6.45) is 13.5. The minimum absolute atomic E-state index is 0. The normalized spacial score (nSPS) is 13.3. The Morgan fingerprint density at radius 2 is 0.608 bits per heavy atom. The number of rotatable bonds is 36. The number of ether oxygens (including phenoxy) is 3. The van der Waals surface area contributed by atoms with Crippen LogP contribution < -0.4 is 50.8 Å². The number of methoxy groups -OCH3 is 1. The zero-order valence-electron chi connectivity index (χ0n) is 48.8. The van der Waals surface area contributed by atoms with E-state index in [1.54, 1.807) is 6.92 Å². The zero-order valence-corrected chi connectivity index (χ0v) is 48.8. The minimum Gasteiger partial charge on any atom is -0.870 e. The zero-order chi connectivity index (χ0) is 54.4. The maximum atomic E-state index is 12.3. The molecule has 0 saturated carbocycles. The summed E-state index contributed by atoms with van der Waals surface area (Å²) >= 11 is 0. The summed E-state index contributed by atoms with van der Waals surface area (Å²) in [5.41, 5.74) is -1.01. The van der Waals surface area contributed by atoms with Crippen molar-refractivity contribution in [2.75, 3.05) is 46.4 Å². The average molecular weight is 1050 g/mol. The van der Waals surface area contributed by atoms with Gasteiger partial charge in [-0.3, -0.25) is 28.8 Å². The number of carboxylic acid groups (broad SMARTS) is 1. The SMILES string of the molecule is COC(=O)[C@@H](C)CCCCNC(=O)[C@@H](C)CCCCNC(=O)[C@@H](C)CCCCNC(=O)OC(C)(C)C.C[C@@H](CCCCNC(=O)[C@@H](C)CCCCNC(=O)[C@@H](C)CCCCNC(=O)OC(C)(C)C)C(=O)O.[CH3-].[Li+].[OH-]. The summed E-state index contributed by atoms with van der Waals surface area (Å²) in [7, 11) is 1.40. The van der Waals surface area contributed by atoms with E-state index >= 15 is 0 Å². The molecule has 8 N–H and O–H groups in total. The summed E-state index contributed by atoms with van der Waals surface area (Å²) in [5.74, 6) is -1.59. The summed E-state index contributed by atoms with van der Waals surface area (Å²) in [6, 6.07) is 0. The van der Waals surface area contributed by atoms with Crippen LogP contribution in [0.4, 0.5) is 9.59 Å². The molecule has 0 fully saturated rings. The number of alkyl carbamates (subject to hydrolysis) is 2. The van der Waals surface area contributed by atoms with Gasteiger partial charge in [-0.1, -0.05) is 80.1 Å². The van der Waals surface area contributed by atoms with Gasteiger partial charge < -0.3 is 64.1 Å². The van der Waals surface area contributed by atoms with Crippen molar-refractivity contribution in [1.82, 2.24) is 31.9 Å². The van der Waals surface area contributed by atoms with Crippen LogP contribution >= 0.6 is 0 Å². The second-order valence-electron chi connectivity index (χ2n) is 21.3. The van der Waals surface area contributed by atoms with E-state index in [0.717, 1.165) is 109 Å². The van der Waals surface area contributed by atoms with Gasteiger partial charge in [0.15, 0.2) is 0 Å². The Kier molecular flexibility index (Phi) is 49.2. The first-order valence-electron chi connectivity index (χ1n) is 26.6. The number of esters is 1. The van der Waals surface area contributed by atoms with Gasteiger partial charge in [0.25, 0.3) is 0 Å². The van der Waals surface area contributed by atoms with Crippen molar-refractivity contribution >= 4 is 47.8 Å². The molecule has 0 rings (SSSR count). The van der Waals surface area contributed by atoms with Crippen molar-refractivity contribution < 1.29 is 82.0 Å². The van der Waals surface area contributed by atoms with Gasteiger partial charge in [0.2, 0.25) is 23.6 Å². The number of unbranched alkanes of at least 4 members (excludes halogenated alkanes) is 6. The molecule has 0 bridgehead atoms. The van der Waals surface area contributed by atoms with E-state index < -0.39 is 29.4 Å². The predicted molar refractivity (Wildman–Crippen MR) is 287 cm³/mol. The molecule has 0 aromatic carbocycles. The number of hydrogen-bond donors (Lipinski definition) is 7. The number of carbonyl (C=O) groups excluding carboxylic acids is 7. The van der Waals surface area contributed by atoms with Crippen LogP contribution in [-0.2, 0) is 43.0 Å². The van der Waals surface area contributed by atoms with Crippen LogP contribution in [0.25, 0.3) is 0 Å². The fourth-order valence-electron chi connectivity index (χ4n) is 6.97. The summed E-state index contributed by atoms with van der Waals surface area (Å²) in [4.78, 5) is 94.2. The standard InChI is InChI=1S/C27H51N3O6.C26H49N3O6.CH3.Li.H2O/c1-20(23(31)29-18-12-10-16-22(3)25(33)35-7)14-8-11-17-28-24(32)21(2)15-9-13-19-30-26(34)36-27(4,5)6;1-19(22(30)28-17-11-9-15-21(3)24(32)33)13-7-10-16-27-23(31)20(2)14-8-12-18-29-25(34)35-26(4,5)6;;;/h20-22H,8-19H2,1-7H3,(H,28,32)(H,29,31)(H,30,34);19-21H,7-18H2,1-6H3,(H,27,31)(H,28,30)(H,29,34)(H,32,33);1H3;;1H2/q;;-1;+1;/p-1/t20-,21-,22-;19-,20-,21-;;;/m00.../s1. The molecule has 0 aliphatic carbocycles. The molecule has 0 aliphatic rings. The molecule has 20 heteroatoms. The Balaban J connectivity index is -0.000000412. The van der Waals surface area contributed by atoms with Gasteiger partial charge in [-0.25, -0.2) is 9.59 Å². The van der Waals surface area contributed by atoms with Gasteiger partial charge >= 0.3 is 43.0 Å². The van der Waals surface area contributed by atoms with E-state index in [9.17, 15) is 38.4 Å². The number of amides is 6. The van der Waals surface area contributed by atoms with E-state index in [4.69, 9.17) is 19.3 Å². The van der Waals surface area contributed by atoms with Gasteiger partial charge in [0, 0.05) is 62.9 Å². The van der Waals surface area contributed by atoms with Crippen molar-refractivity contribution in [3.8, 4) is 0 Å². The second-order valence-corrected chi connectivity index (χ2v) is 21.3. The average Bonchev–Trinajstić information content (AvgIpc) is 3.28. The third-order valence-corrected chi connectivity index (χ3v) is 11.7. The molecule has 0 aromatic rings. The predicted octanol–water partition coefficient (Wildman–Crippen LogP) is 5.86. The third-order valence-electron chi connectivity index (χ3n) is 11.7. The van der Waals surface area contributed by atoms with E-state index in [0.29, 0.717) is 45.7 Å². The Morgan fingerprint density at radius 1 is 0.392 bits per heavy atom. The van der Waals surface area contributed by atoms with Crippen molar-refractivity contribution in [2.45, 2.75) is 210 Å². The quantitative estimate of drug-likeness (QED) is 0.0127. The maximum absolute atomic E-state index is 12.3. The van der Waals surface area contributed by atoms with Gasteiger partial charge in [-0.05, 0) is 119 Å². The smallest absolute Gasteiger partial charge is 0.870 e. The Labute approximate surface area is 459 Å². The Bertz CT molecular complexity index is 1540. The number of nitrogens with one attached hydrogen (secondary N) is 6. The van der Waals surface area contributed by atoms with Gasteiger partial charge in [0.05, 0.1) is 18.9 Å². The fraction of sp³-hybridized carbons (Fsp3) is 0.833. The van der Waals surface area contributed by atoms with Crippen LogP contribution in [0.1, 0.15) is 199 Å². The Hall–Kier alpha value is -4.08. The molecule has 0 saturated heterocycles. The number of aliphatic carboxylic acids is 1. The number of carboxylic acids is 1. The van der Waals surface area contributed by atoms with Gasteiger partial charge in [-0.15, -0.1) is 0 Å². The third kappa shape index (κ3) is 47.6.